The van der Waals surface area contributed by atoms with Crippen molar-refractivity contribution in [3.8, 4) is 0 Å². The van der Waals surface area contributed by atoms with Crippen molar-refractivity contribution in [1.29, 1.82) is 0 Å². The van der Waals surface area contributed by atoms with Gasteiger partial charge in [-0.15, -0.1) is 0 Å². The molecule has 0 fully saturated rings. The number of ketones is 1. The van der Waals surface area contributed by atoms with Gasteiger partial charge in [0.1, 0.15) is 0 Å². The van der Waals surface area contributed by atoms with Gasteiger partial charge in [-0.1, -0.05) is 30.7 Å². The third kappa shape index (κ3) is 2.34. The first-order valence-corrected chi connectivity index (χ1v) is 5.00. The first kappa shape index (κ1) is 11.2. The molecule has 14 heavy (non-hydrogen) atoms. The van der Waals surface area contributed by atoms with Crippen molar-refractivity contribution in [2.45, 2.75) is 26.3 Å². The Kier molecular flexibility index (Phi) is 3.67. The average molecular weight is 212 g/mol. The lowest BCUT2D eigenvalue weighted by atomic mass is 10.0. The highest BCUT2D eigenvalue weighted by atomic mass is 35.5. The Labute approximate surface area is 89.1 Å². The molecule has 1 unspecified atom stereocenters. The zero-order chi connectivity index (χ0) is 10.7. The van der Waals surface area contributed by atoms with E-state index < -0.39 is 6.04 Å². The molecular weight excluding hydrogens is 198 g/mol. The van der Waals surface area contributed by atoms with Crippen LogP contribution in [-0.4, -0.2) is 11.8 Å². The van der Waals surface area contributed by atoms with Crippen molar-refractivity contribution in [1.82, 2.24) is 0 Å². The van der Waals surface area contributed by atoms with Crippen LogP contribution in [0.1, 0.15) is 29.3 Å². The summed E-state index contributed by atoms with van der Waals surface area (Å²) in [6.07, 6.45) is 0.643. The summed E-state index contributed by atoms with van der Waals surface area (Å²) >= 11 is 5.91. The van der Waals surface area contributed by atoms with Gasteiger partial charge in [0.05, 0.1) is 6.04 Å². The van der Waals surface area contributed by atoms with Gasteiger partial charge >= 0.3 is 0 Å². The van der Waals surface area contributed by atoms with Gasteiger partial charge in [0.15, 0.2) is 5.78 Å². The first-order chi connectivity index (χ1) is 6.56. The molecule has 0 spiro atoms. The second-order valence-electron chi connectivity index (χ2n) is 3.34. The van der Waals surface area contributed by atoms with Crippen LogP contribution < -0.4 is 5.73 Å². The number of Topliss-reactive ketones (excluding diaryl/α,β-unsaturated/α-hetero) is 1. The Morgan fingerprint density at radius 3 is 2.71 bits per heavy atom. The van der Waals surface area contributed by atoms with Gasteiger partial charge < -0.3 is 5.73 Å². The van der Waals surface area contributed by atoms with Crippen LogP contribution in [0.15, 0.2) is 18.2 Å². The Hall–Kier alpha value is -0.860. The molecule has 1 atom stereocenters. The van der Waals surface area contributed by atoms with Crippen LogP contribution in [0.5, 0.6) is 0 Å². The third-order valence-corrected chi connectivity index (χ3v) is 2.64. The number of carbonyl (C=O) groups excluding carboxylic acids is 1. The Bertz CT molecular complexity index is 349. The van der Waals surface area contributed by atoms with E-state index in [0.29, 0.717) is 17.0 Å². The van der Waals surface area contributed by atoms with Crippen molar-refractivity contribution >= 4 is 17.4 Å². The molecule has 0 saturated heterocycles. The summed E-state index contributed by atoms with van der Waals surface area (Å²) in [5.41, 5.74) is 7.20. The van der Waals surface area contributed by atoms with E-state index in [1.165, 1.54) is 0 Å². The second-order valence-corrected chi connectivity index (χ2v) is 3.75. The quantitative estimate of drug-likeness (QED) is 0.781. The highest BCUT2D eigenvalue weighted by Crippen LogP contribution is 2.17. The van der Waals surface area contributed by atoms with Crippen LogP contribution in [0.3, 0.4) is 0 Å². The molecule has 2 N–H and O–H groups in total. The standard InChI is InChI=1S/C11H14ClNO/c1-3-10(13)11(14)8-5-4-7(2)9(12)6-8/h4-6,10H,3,13H2,1-2H3. The van der Waals surface area contributed by atoms with Crippen LogP contribution >= 0.6 is 11.6 Å². The Morgan fingerprint density at radius 2 is 2.21 bits per heavy atom. The maximum Gasteiger partial charge on any atom is 0.179 e. The fourth-order valence-corrected chi connectivity index (χ4v) is 1.33. The monoisotopic (exact) mass is 211 g/mol. The van der Waals surface area contributed by atoms with Crippen molar-refractivity contribution in [3.63, 3.8) is 0 Å². The molecule has 1 aromatic carbocycles. The summed E-state index contributed by atoms with van der Waals surface area (Å²) in [4.78, 5) is 11.7. The molecule has 0 amide bonds. The van der Waals surface area contributed by atoms with E-state index in [0.717, 1.165) is 5.56 Å². The normalized spacial score (nSPS) is 12.6. The van der Waals surface area contributed by atoms with Gasteiger partial charge in [0.2, 0.25) is 0 Å². The van der Waals surface area contributed by atoms with Gasteiger partial charge in [-0.25, -0.2) is 0 Å². The maximum absolute atomic E-state index is 11.7. The highest BCUT2D eigenvalue weighted by Gasteiger charge is 2.13. The van der Waals surface area contributed by atoms with Crippen LogP contribution in [0, 0.1) is 6.92 Å². The molecule has 0 saturated carbocycles. The summed E-state index contributed by atoms with van der Waals surface area (Å²) in [6, 6.07) is 4.85. The fraction of sp³-hybridized carbons (Fsp3) is 0.364. The minimum atomic E-state index is -0.422. The highest BCUT2D eigenvalue weighted by molar-refractivity contribution is 6.31. The number of aryl methyl sites for hydroxylation is 1. The van der Waals surface area contributed by atoms with Crippen LogP contribution in [0.2, 0.25) is 5.02 Å². The van der Waals surface area contributed by atoms with Crippen molar-refractivity contribution < 1.29 is 4.79 Å². The zero-order valence-corrected chi connectivity index (χ0v) is 9.14. The van der Waals surface area contributed by atoms with Crippen LogP contribution in [-0.2, 0) is 0 Å². The van der Waals surface area contributed by atoms with E-state index >= 15 is 0 Å². The smallest absolute Gasteiger partial charge is 0.179 e. The third-order valence-electron chi connectivity index (χ3n) is 2.23. The lowest BCUT2D eigenvalue weighted by Gasteiger charge is -2.08. The molecule has 0 aliphatic rings. The SMILES string of the molecule is CCC(N)C(=O)c1ccc(C)c(Cl)c1. The van der Waals surface area contributed by atoms with Gasteiger partial charge in [-0.2, -0.15) is 0 Å². The second kappa shape index (κ2) is 4.58. The van der Waals surface area contributed by atoms with E-state index in [1.807, 2.05) is 19.9 Å². The topological polar surface area (TPSA) is 43.1 Å². The molecule has 0 aliphatic carbocycles. The summed E-state index contributed by atoms with van der Waals surface area (Å²) in [7, 11) is 0. The molecule has 0 bridgehead atoms. The molecule has 0 aromatic heterocycles. The molecule has 2 nitrogen and oxygen atoms in total. The number of rotatable bonds is 3. The number of nitrogens with two attached hydrogens (primary N) is 1. The predicted molar refractivity (Wildman–Crippen MR) is 58.8 cm³/mol. The number of halogens is 1. The molecule has 3 heteroatoms. The van der Waals surface area contributed by atoms with Gasteiger partial charge in [0, 0.05) is 10.6 Å². The summed E-state index contributed by atoms with van der Waals surface area (Å²) in [6.45, 7) is 3.79. The number of benzene rings is 1. The Balaban J connectivity index is 2.97. The summed E-state index contributed by atoms with van der Waals surface area (Å²) in [5.74, 6) is -0.0469. The molecule has 1 rings (SSSR count). The molecule has 1 aromatic rings. The molecular formula is C11H14ClNO. The van der Waals surface area contributed by atoms with E-state index in [4.69, 9.17) is 17.3 Å². The summed E-state index contributed by atoms with van der Waals surface area (Å²) in [5, 5.41) is 0.610. The summed E-state index contributed by atoms with van der Waals surface area (Å²) < 4.78 is 0. The lowest BCUT2D eigenvalue weighted by molar-refractivity contribution is 0.0959. The molecule has 0 aliphatic heterocycles. The Morgan fingerprint density at radius 1 is 1.57 bits per heavy atom. The fourth-order valence-electron chi connectivity index (χ4n) is 1.15. The lowest BCUT2D eigenvalue weighted by Crippen LogP contribution is -2.29. The molecule has 0 radical (unpaired) electrons. The first-order valence-electron chi connectivity index (χ1n) is 4.62. The van der Waals surface area contributed by atoms with Crippen molar-refractivity contribution in [3.05, 3.63) is 34.3 Å². The van der Waals surface area contributed by atoms with E-state index in [9.17, 15) is 4.79 Å². The minimum absolute atomic E-state index is 0.0469. The average Bonchev–Trinajstić information content (AvgIpc) is 2.20. The van der Waals surface area contributed by atoms with E-state index in [2.05, 4.69) is 0 Å². The van der Waals surface area contributed by atoms with Gasteiger partial charge in [-0.3, -0.25) is 4.79 Å². The van der Waals surface area contributed by atoms with Gasteiger partial charge in [-0.05, 0) is 25.0 Å². The number of hydrogen-bond acceptors (Lipinski definition) is 2. The van der Waals surface area contributed by atoms with E-state index in [1.54, 1.807) is 12.1 Å². The van der Waals surface area contributed by atoms with Crippen molar-refractivity contribution in [2.75, 3.05) is 0 Å². The predicted octanol–water partition coefficient (Wildman–Crippen LogP) is 2.57. The largest absolute Gasteiger partial charge is 0.321 e. The number of hydrogen-bond donors (Lipinski definition) is 1. The van der Waals surface area contributed by atoms with Crippen LogP contribution in [0.25, 0.3) is 0 Å². The van der Waals surface area contributed by atoms with E-state index in [-0.39, 0.29) is 5.78 Å². The van der Waals surface area contributed by atoms with Gasteiger partial charge in [0.25, 0.3) is 0 Å². The van der Waals surface area contributed by atoms with Crippen LogP contribution in [0.4, 0.5) is 0 Å². The minimum Gasteiger partial charge on any atom is -0.321 e. The number of carbonyl (C=O) groups is 1. The zero-order valence-electron chi connectivity index (χ0n) is 8.38. The molecule has 0 heterocycles. The van der Waals surface area contributed by atoms with Crippen molar-refractivity contribution in [2.24, 2.45) is 5.73 Å². The maximum atomic E-state index is 11.7. The molecule has 76 valence electrons.